The van der Waals surface area contributed by atoms with Crippen LogP contribution in [0.2, 0.25) is 0 Å². The van der Waals surface area contributed by atoms with Crippen LogP contribution in [0, 0.1) is 0 Å². The lowest BCUT2D eigenvalue weighted by Crippen LogP contribution is -2.17. The van der Waals surface area contributed by atoms with Gasteiger partial charge < -0.3 is 5.73 Å². The van der Waals surface area contributed by atoms with Crippen LogP contribution < -0.4 is 5.73 Å². The molecular formula is C9H21NO3S2. The Kier molecular flexibility index (Phi) is 8.50. The van der Waals surface area contributed by atoms with Crippen LogP contribution in [-0.4, -0.2) is 18.3 Å². The van der Waals surface area contributed by atoms with Crippen molar-refractivity contribution >= 4 is 19.9 Å². The molecule has 1 atom stereocenters. The number of unbranched alkanes of at least 4 members (excludes halogenated alkanes) is 5. The summed E-state index contributed by atoms with van der Waals surface area (Å²) in [6, 6.07) is 0. The van der Waals surface area contributed by atoms with Crippen molar-refractivity contribution < 1.29 is 13.0 Å². The van der Waals surface area contributed by atoms with Crippen LogP contribution in [0.15, 0.2) is 0 Å². The van der Waals surface area contributed by atoms with Crippen LogP contribution in [0.5, 0.6) is 0 Å². The second kappa shape index (κ2) is 8.38. The molecule has 0 amide bonds. The van der Waals surface area contributed by atoms with Crippen LogP contribution in [0.1, 0.15) is 51.9 Å². The number of hydrogen-bond donors (Lipinski definition) is 2. The quantitative estimate of drug-likeness (QED) is 0.286. The van der Waals surface area contributed by atoms with E-state index in [9.17, 15) is 8.42 Å². The van der Waals surface area contributed by atoms with Gasteiger partial charge in [0.2, 0.25) is 0 Å². The molecule has 3 N–H and O–H groups in total. The summed E-state index contributed by atoms with van der Waals surface area (Å²) in [7, 11) is -3.55. The van der Waals surface area contributed by atoms with E-state index in [1.807, 2.05) is 0 Å². The van der Waals surface area contributed by atoms with Gasteiger partial charge in [-0.15, -0.1) is 0 Å². The zero-order chi connectivity index (χ0) is 11.7. The van der Waals surface area contributed by atoms with Gasteiger partial charge >= 0.3 is 9.15 Å². The molecule has 0 aromatic heterocycles. The van der Waals surface area contributed by atoms with Gasteiger partial charge in [-0.1, -0.05) is 45.4 Å². The molecule has 0 saturated carbocycles. The van der Waals surface area contributed by atoms with Gasteiger partial charge in [0.15, 0.2) is 0 Å². The van der Waals surface area contributed by atoms with Gasteiger partial charge in [-0.3, -0.25) is 4.55 Å². The van der Waals surface area contributed by atoms with E-state index in [2.05, 4.69) is 6.92 Å². The SMILES string of the molecule is CCCCCCCCC(N)SS(=O)(=O)O. The van der Waals surface area contributed by atoms with Crippen molar-refractivity contribution in [2.75, 3.05) is 0 Å². The molecule has 1 unspecified atom stereocenters. The Morgan fingerprint density at radius 1 is 1.20 bits per heavy atom. The Morgan fingerprint density at radius 3 is 2.27 bits per heavy atom. The summed E-state index contributed by atoms with van der Waals surface area (Å²) in [5.41, 5.74) is 5.52. The molecular weight excluding hydrogens is 234 g/mol. The van der Waals surface area contributed by atoms with Gasteiger partial charge in [0.05, 0.1) is 5.37 Å². The molecule has 0 aromatic carbocycles. The summed E-state index contributed by atoms with van der Waals surface area (Å²) < 4.78 is 29.4. The largest absolute Gasteiger partial charge is 0.321 e. The molecule has 0 heterocycles. The zero-order valence-corrected chi connectivity index (χ0v) is 10.8. The molecule has 0 aromatic rings. The van der Waals surface area contributed by atoms with Crippen LogP contribution >= 0.6 is 10.8 Å². The third-order valence-corrected chi connectivity index (χ3v) is 4.28. The summed E-state index contributed by atoms with van der Waals surface area (Å²) in [6.07, 6.45) is 7.53. The van der Waals surface area contributed by atoms with Gasteiger partial charge in [-0.25, -0.2) is 0 Å². The topological polar surface area (TPSA) is 80.4 Å². The molecule has 0 aliphatic heterocycles. The van der Waals surface area contributed by atoms with Gasteiger partial charge in [0.25, 0.3) is 0 Å². The highest BCUT2D eigenvalue weighted by atomic mass is 33.1. The fourth-order valence-electron chi connectivity index (χ4n) is 1.33. The van der Waals surface area contributed by atoms with E-state index in [1.165, 1.54) is 25.7 Å². The predicted molar refractivity (Wildman–Crippen MR) is 65.1 cm³/mol. The maximum atomic E-state index is 10.5. The first-order valence-electron chi connectivity index (χ1n) is 5.37. The molecule has 92 valence electrons. The second-order valence-electron chi connectivity index (χ2n) is 3.62. The van der Waals surface area contributed by atoms with Crippen LogP contribution in [0.25, 0.3) is 0 Å². The summed E-state index contributed by atoms with van der Waals surface area (Å²) in [4.78, 5) is 0. The third kappa shape index (κ3) is 12.2. The molecule has 15 heavy (non-hydrogen) atoms. The molecule has 4 nitrogen and oxygen atoms in total. The minimum atomic E-state index is -3.98. The fourth-order valence-corrected chi connectivity index (χ4v) is 3.13. The van der Waals surface area contributed by atoms with E-state index in [0.717, 1.165) is 12.8 Å². The molecule has 0 aliphatic rings. The Bertz CT molecular complexity index is 242. The average Bonchev–Trinajstić information content (AvgIpc) is 2.08. The summed E-state index contributed by atoms with van der Waals surface area (Å²) in [5.74, 6) is 0. The summed E-state index contributed by atoms with van der Waals surface area (Å²) in [6.45, 7) is 2.17. The van der Waals surface area contributed by atoms with Crippen molar-refractivity contribution in [3.05, 3.63) is 0 Å². The molecule has 6 heteroatoms. The van der Waals surface area contributed by atoms with Gasteiger partial charge in [-0.05, 0) is 6.42 Å². The number of hydrogen-bond acceptors (Lipinski definition) is 4. The van der Waals surface area contributed by atoms with E-state index in [-0.39, 0.29) is 0 Å². The number of rotatable bonds is 9. The molecule has 0 spiro atoms. The third-order valence-electron chi connectivity index (χ3n) is 2.09. The summed E-state index contributed by atoms with van der Waals surface area (Å²) in [5, 5.41) is -0.508. The van der Waals surface area contributed by atoms with E-state index in [4.69, 9.17) is 10.3 Å². The average molecular weight is 255 g/mol. The van der Waals surface area contributed by atoms with E-state index in [1.54, 1.807) is 0 Å². The Labute approximate surface area is 96.2 Å². The highest BCUT2D eigenvalue weighted by Gasteiger charge is 2.12. The van der Waals surface area contributed by atoms with Crippen LogP contribution in [0.4, 0.5) is 0 Å². The second-order valence-corrected chi connectivity index (χ2v) is 7.11. The van der Waals surface area contributed by atoms with Crippen molar-refractivity contribution in [1.82, 2.24) is 0 Å². The first kappa shape index (κ1) is 15.2. The Hall–Kier alpha value is 0.220. The molecule has 0 bridgehead atoms. The molecule has 0 rings (SSSR count). The molecule has 0 fully saturated rings. The lowest BCUT2D eigenvalue weighted by molar-refractivity contribution is 0.502. The van der Waals surface area contributed by atoms with Crippen molar-refractivity contribution in [3.8, 4) is 0 Å². The van der Waals surface area contributed by atoms with Crippen molar-refractivity contribution in [3.63, 3.8) is 0 Å². The lowest BCUT2D eigenvalue weighted by Gasteiger charge is -2.07. The van der Waals surface area contributed by atoms with E-state index >= 15 is 0 Å². The maximum Gasteiger partial charge on any atom is 0.321 e. The van der Waals surface area contributed by atoms with Crippen LogP contribution in [-0.2, 0) is 9.15 Å². The first-order chi connectivity index (χ1) is 6.95. The normalized spacial score (nSPS) is 14.1. The van der Waals surface area contributed by atoms with Crippen molar-refractivity contribution in [2.24, 2.45) is 5.73 Å². The maximum absolute atomic E-state index is 10.5. The monoisotopic (exact) mass is 255 g/mol. The summed E-state index contributed by atoms with van der Waals surface area (Å²) >= 11 is 0. The first-order valence-corrected chi connectivity index (χ1v) is 8.20. The van der Waals surface area contributed by atoms with Gasteiger partial charge in [-0.2, -0.15) is 8.42 Å². The Balaban J connectivity index is 3.36. The standard InChI is InChI=1S/C9H21NO3S2/c1-2-3-4-5-6-7-8-9(10)14-15(11,12)13/h9H,2-8,10H2,1H3,(H,11,12,13). The highest BCUT2D eigenvalue weighted by Crippen LogP contribution is 2.18. The molecule has 0 radical (unpaired) electrons. The van der Waals surface area contributed by atoms with Crippen molar-refractivity contribution in [2.45, 2.75) is 57.2 Å². The Morgan fingerprint density at radius 2 is 1.73 bits per heavy atom. The van der Waals surface area contributed by atoms with E-state index < -0.39 is 14.5 Å². The highest BCUT2D eigenvalue weighted by molar-refractivity contribution is 8.70. The fraction of sp³-hybridized carbons (Fsp3) is 1.00. The van der Waals surface area contributed by atoms with Crippen molar-refractivity contribution in [1.29, 1.82) is 0 Å². The van der Waals surface area contributed by atoms with Gasteiger partial charge in [0, 0.05) is 10.8 Å². The minimum Gasteiger partial charge on any atom is -0.318 e. The van der Waals surface area contributed by atoms with Gasteiger partial charge in [0.1, 0.15) is 0 Å². The molecule has 0 saturated heterocycles. The molecule has 0 aliphatic carbocycles. The van der Waals surface area contributed by atoms with E-state index in [0.29, 0.717) is 17.2 Å². The lowest BCUT2D eigenvalue weighted by atomic mass is 10.1. The smallest absolute Gasteiger partial charge is 0.318 e. The van der Waals surface area contributed by atoms with Crippen LogP contribution in [0.3, 0.4) is 0 Å². The predicted octanol–water partition coefficient (Wildman–Crippen LogP) is 2.56. The zero-order valence-electron chi connectivity index (χ0n) is 9.18. The number of nitrogens with two attached hydrogens (primary N) is 1. The minimum absolute atomic E-state index is 0.431.